The summed E-state index contributed by atoms with van der Waals surface area (Å²) in [6.45, 7) is 5.71. The summed E-state index contributed by atoms with van der Waals surface area (Å²) in [4.78, 5) is 4.75. The monoisotopic (exact) mass is 396 g/mol. The molecular weight excluding hydrogens is 372 g/mol. The molecule has 2 aliphatic rings. The Hall–Kier alpha value is -2.11. The first-order valence-corrected chi connectivity index (χ1v) is 10.5. The average Bonchev–Trinajstić information content (AvgIpc) is 3.21. The molecule has 0 unspecified atom stereocenters. The van der Waals surface area contributed by atoms with Gasteiger partial charge in [0.15, 0.2) is 0 Å². The van der Waals surface area contributed by atoms with Gasteiger partial charge in [-0.15, -0.1) is 0 Å². The van der Waals surface area contributed by atoms with Crippen LogP contribution in [0.3, 0.4) is 0 Å². The summed E-state index contributed by atoms with van der Waals surface area (Å²) < 4.78 is 7.77. The number of hydrogen-bond acceptors (Lipinski definition) is 4. The quantitative estimate of drug-likeness (QED) is 0.648. The molecular formula is C22H25ClN4O. The predicted octanol–water partition coefficient (Wildman–Crippen LogP) is 5.18. The lowest BCUT2D eigenvalue weighted by Crippen LogP contribution is -2.16. The van der Waals surface area contributed by atoms with Crippen LogP contribution in [-0.4, -0.2) is 14.7 Å². The van der Waals surface area contributed by atoms with Crippen LogP contribution in [0.25, 0.3) is 5.69 Å². The molecule has 6 heteroatoms. The van der Waals surface area contributed by atoms with Gasteiger partial charge in [-0.05, 0) is 63.3 Å². The van der Waals surface area contributed by atoms with Crippen molar-refractivity contribution >= 4 is 11.6 Å². The number of halogens is 1. The lowest BCUT2D eigenvalue weighted by atomic mass is 9.78. The zero-order valence-corrected chi connectivity index (χ0v) is 17.1. The van der Waals surface area contributed by atoms with Crippen molar-refractivity contribution < 1.29 is 4.52 Å². The van der Waals surface area contributed by atoms with E-state index in [1.165, 1.54) is 22.5 Å². The smallest absolute Gasteiger partial charge is 0.136 e. The molecule has 0 atom stereocenters. The Balaban J connectivity index is 1.43. The Bertz CT molecular complexity index is 1010. The summed E-state index contributed by atoms with van der Waals surface area (Å²) in [7, 11) is 0. The number of fused-ring (bicyclic) bond motifs is 3. The van der Waals surface area contributed by atoms with E-state index < -0.39 is 0 Å². The normalized spacial score (nSPS) is 21.8. The lowest BCUT2D eigenvalue weighted by Gasteiger charge is -2.28. The molecule has 0 radical (unpaired) electrons. The van der Waals surface area contributed by atoms with Gasteiger partial charge < -0.3 is 9.84 Å². The van der Waals surface area contributed by atoms with Gasteiger partial charge in [0.25, 0.3) is 0 Å². The summed E-state index contributed by atoms with van der Waals surface area (Å²) in [5.41, 5.74) is 6.15. The second-order valence-corrected chi connectivity index (χ2v) is 8.55. The third-order valence-corrected chi connectivity index (χ3v) is 6.70. The van der Waals surface area contributed by atoms with E-state index in [4.69, 9.17) is 21.1 Å². The van der Waals surface area contributed by atoms with E-state index in [0.29, 0.717) is 11.8 Å². The molecule has 1 aliphatic carbocycles. The largest absolute Gasteiger partial charge is 0.361 e. The van der Waals surface area contributed by atoms with Crippen molar-refractivity contribution in [2.75, 3.05) is 0 Å². The topological polar surface area (TPSA) is 55.9 Å². The first-order chi connectivity index (χ1) is 13.6. The number of aromatic nitrogens is 3. The molecule has 0 spiro atoms. The van der Waals surface area contributed by atoms with Crippen LogP contribution in [0.1, 0.15) is 71.6 Å². The molecule has 3 aromatic rings. The summed E-state index contributed by atoms with van der Waals surface area (Å²) in [5, 5.41) is 8.60. The molecule has 1 aliphatic heterocycles. The van der Waals surface area contributed by atoms with Gasteiger partial charge in [-0.25, -0.2) is 4.98 Å². The van der Waals surface area contributed by atoms with Gasteiger partial charge in [0.2, 0.25) is 0 Å². The van der Waals surface area contributed by atoms with Crippen molar-refractivity contribution in [1.29, 1.82) is 0 Å². The van der Waals surface area contributed by atoms with Crippen molar-refractivity contribution in [2.24, 2.45) is 0 Å². The SMILES string of the molecule is Cc1onc(C2CCC(c3cnc4n3-c3ccc(Cl)cc3CNC4)CC2)c1C. The van der Waals surface area contributed by atoms with Crippen molar-refractivity contribution in [3.63, 3.8) is 0 Å². The van der Waals surface area contributed by atoms with Crippen molar-refractivity contribution in [3.05, 3.63) is 63.5 Å². The average molecular weight is 397 g/mol. The van der Waals surface area contributed by atoms with Gasteiger partial charge in [0.05, 0.1) is 17.9 Å². The van der Waals surface area contributed by atoms with Gasteiger partial charge in [-0.3, -0.25) is 4.57 Å². The molecule has 1 N–H and O–H groups in total. The van der Waals surface area contributed by atoms with Gasteiger partial charge in [-0.1, -0.05) is 16.8 Å². The molecule has 0 bridgehead atoms. The Kier molecular flexibility index (Phi) is 4.52. The zero-order chi connectivity index (χ0) is 19.3. The van der Waals surface area contributed by atoms with Crippen molar-refractivity contribution in [1.82, 2.24) is 20.0 Å². The first kappa shape index (κ1) is 18.0. The number of nitrogens with one attached hydrogen (secondary N) is 1. The van der Waals surface area contributed by atoms with Gasteiger partial charge in [0.1, 0.15) is 11.6 Å². The van der Waals surface area contributed by atoms with E-state index in [0.717, 1.165) is 61.1 Å². The minimum absolute atomic E-state index is 0.507. The molecule has 0 amide bonds. The molecule has 5 rings (SSSR count). The van der Waals surface area contributed by atoms with Crippen molar-refractivity contribution in [3.8, 4) is 5.69 Å². The Labute approximate surface area is 170 Å². The first-order valence-electron chi connectivity index (χ1n) is 10.1. The third kappa shape index (κ3) is 2.97. The van der Waals surface area contributed by atoms with Crippen LogP contribution >= 0.6 is 11.6 Å². The maximum atomic E-state index is 6.24. The van der Waals surface area contributed by atoms with E-state index in [1.807, 2.05) is 13.0 Å². The molecule has 2 aromatic heterocycles. The molecule has 146 valence electrons. The Morgan fingerprint density at radius 1 is 1.11 bits per heavy atom. The Morgan fingerprint density at radius 2 is 1.89 bits per heavy atom. The predicted molar refractivity (Wildman–Crippen MR) is 109 cm³/mol. The minimum Gasteiger partial charge on any atom is -0.361 e. The number of hydrogen-bond donors (Lipinski definition) is 1. The number of nitrogens with zero attached hydrogens (tertiary/aromatic N) is 3. The van der Waals surface area contributed by atoms with Crippen LogP contribution in [0.15, 0.2) is 28.9 Å². The molecule has 1 saturated carbocycles. The maximum Gasteiger partial charge on any atom is 0.136 e. The fourth-order valence-electron chi connectivity index (χ4n) is 4.80. The van der Waals surface area contributed by atoms with E-state index >= 15 is 0 Å². The van der Waals surface area contributed by atoms with Crippen LogP contribution in [0.5, 0.6) is 0 Å². The van der Waals surface area contributed by atoms with E-state index in [-0.39, 0.29) is 0 Å². The highest BCUT2D eigenvalue weighted by Gasteiger charge is 2.30. The lowest BCUT2D eigenvalue weighted by molar-refractivity contribution is 0.350. The van der Waals surface area contributed by atoms with Crippen LogP contribution in [0, 0.1) is 13.8 Å². The fraction of sp³-hybridized carbons (Fsp3) is 0.455. The van der Waals surface area contributed by atoms with Crippen molar-refractivity contribution in [2.45, 2.75) is 64.5 Å². The van der Waals surface area contributed by atoms with Crippen LogP contribution < -0.4 is 5.32 Å². The van der Waals surface area contributed by atoms with Gasteiger partial charge in [0, 0.05) is 40.9 Å². The molecule has 1 fully saturated rings. The summed E-state index contributed by atoms with van der Waals surface area (Å²) in [6.07, 6.45) is 6.67. The highest BCUT2D eigenvalue weighted by molar-refractivity contribution is 6.30. The van der Waals surface area contributed by atoms with Crippen LogP contribution in [-0.2, 0) is 13.1 Å². The minimum atomic E-state index is 0.507. The van der Waals surface area contributed by atoms with Crippen LogP contribution in [0.4, 0.5) is 0 Å². The second-order valence-electron chi connectivity index (χ2n) is 8.11. The maximum absolute atomic E-state index is 6.24. The third-order valence-electron chi connectivity index (χ3n) is 6.47. The van der Waals surface area contributed by atoms with Gasteiger partial charge >= 0.3 is 0 Å². The molecule has 3 heterocycles. The Morgan fingerprint density at radius 3 is 2.64 bits per heavy atom. The number of rotatable bonds is 2. The molecule has 28 heavy (non-hydrogen) atoms. The summed E-state index contributed by atoms with van der Waals surface area (Å²) >= 11 is 6.24. The van der Waals surface area contributed by atoms with E-state index in [9.17, 15) is 0 Å². The van der Waals surface area contributed by atoms with E-state index in [1.54, 1.807) is 0 Å². The highest BCUT2D eigenvalue weighted by atomic mass is 35.5. The number of aryl methyl sites for hydroxylation is 1. The zero-order valence-electron chi connectivity index (χ0n) is 16.3. The van der Waals surface area contributed by atoms with Gasteiger partial charge in [-0.2, -0.15) is 0 Å². The molecule has 0 saturated heterocycles. The van der Waals surface area contributed by atoms with Crippen LogP contribution in [0.2, 0.25) is 5.02 Å². The second kappa shape index (κ2) is 7.05. The summed E-state index contributed by atoms with van der Waals surface area (Å²) in [6, 6.07) is 6.17. The van der Waals surface area contributed by atoms with E-state index in [2.05, 4.69) is 40.3 Å². The number of benzene rings is 1. The summed E-state index contributed by atoms with van der Waals surface area (Å²) in [5.74, 6) is 3.06. The number of imidazole rings is 1. The highest BCUT2D eigenvalue weighted by Crippen LogP contribution is 2.42. The molecule has 1 aromatic carbocycles. The fourth-order valence-corrected chi connectivity index (χ4v) is 4.99. The molecule has 5 nitrogen and oxygen atoms in total. The standard InChI is InChI=1S/C22H25ClN4O/c1-13-14(2)28-26-22(13)16-5-3-15(4-6-16)20-11-25-21-12-24-10-17-9-18(23)7-8-19(17)27(20)21/h7-9,11,15-16,24H,3-6,10,12H2,1-2H3.